The number of nitrogens with zero attached hydrogens (tertiary/aromatic N) is 3. The number of aromatic nitrogens is 2. The molecule has 0 radical (unpaired) electrons. The van der Waals surface area contributed by atoms with Gasteiger partial charge < -0.3 is 9.64 Å². The molecule has 1 aromatic heterocycles. The van der Waals surface area contributed by atoms with Crippen molar-refractivity contribution in [1.29, 1.82) is 0 Å². The lowest BCUT2D eigenvalue weighted by Gasteiger charge is -2.32. The first-order valence-electron chi connectivity index (χ1n) is 9.35. The predicted molar refractivity (Wildman–Crippen MR) is 105 cm³/mol. The molecule has 1 aliphatic rings. The van der Waals surface area contributed by atoms with Gasteiger partial charge in [-0.3, -0.25) is 14.8 Å². The molecular weight excluding hydrogens is 401 g/mol. The molecule has 1 N–H and O–H groups in total. The molecule has 0 aliphatic carbocycles. The first kappa shape index (κ1) is 21.7. The van der Waals surface area contributed by atoms with E-state index < -0.39 is 29.3 Å². The Hall–Kier alpha value is -3.04. The van der Waals surface area contributed by atoms with Crippen LogP contribution in [-0.4, -0.2) is 33.9 Å². The third-order valence-electron chi connectivity index (χ3n) is 4.57. The van der Waals surface area contributed by atoms with Gasteiger partial charge in [-0.15, -0.1) is 0 Å². The van der Waals surface area contributed by atoms with Crippen LogP contribution in [0.15, 0.2) is 24.4 Å². The number of rotatable bonds is 2. The molecule has 0 bridgehead atoms. The number of fused-ring (bicyclic) bond motifs is 1. The van der Waals surface area contributed by atoms with Crippen molar-refractivity contribution >= 4 is 23.4 Å². The molecule has 30 heavy (non-hydrogen) atoms. The molecule has 0 saturated carbocycles. The van der Waals surface area contributed by atoms with Crippen LogP contribution >= 0.6 is 0 Å². The second-order valence-corrected chi connectivity index (χ2v) is 8.24. The minimum absolute atomic E-state index is 0.0200. The molecule has 1 aliphatic heterocycles. The Bertz CT molecular complexity index is 992. The molecule has 2 amide bonds. The summed E-state index contributed by atoms with van der Waals surface area (Å²) in [6, 6.07) is 3.32. The first-order chi connectivity index (χ1) is 13.8. The van der Waals surface area contributed by atoms with Crippen LogP contribution in [0.2, 0.25) is 0 Å². The molecule has 1 aromatic carbocycles. The number of ether oxygens (including phenoxy) is 1. The van der Waals surface area contributed by atoms with Gasteiger partial charge in [0.25, 0.3) is 5.91 Å². The maximum absolute atomic E-state index is 13.2. The molecular formula is C20H23F3N4O3. The molecule has 1 atom stereocenters. The smallest absolute Gasteiger partial charge is 0.416 e. The van der Waals surface area contributed by atoms with E-state index in [1.54, 1.807) is 20.8 Å². The summed E-state index contributed by atoms with van der Waals surface area (Å²) in [5.74, 6) is -0.476. The van der Waals surface area contributed by atoms with Crippen molar-refractivity contribution in [3.05, 3.63) is 41.2 Å². The fraction of sp³-hybridized carbons (Fsp3) is 0.450. The largest absolute Gasteiger partial charge is 0.444 e. The number of hydrogen-bond acceptors (Lipinski definition) is 4. The SMILES string of the molecule is Cc1cc(N2C[C@H](C)n3ncc(NC(=O)OC(C)(C)C)c3C2=O)ccc1C(F)(F)F. The average Bonchev–Trinajstić information content (AvgIpc) is 2.99. The van der Waals surface area contributed by atoms with Gasteiger partial charge in [-0.1, -0.05) is 0 Å². The number of nitrogens with one attached hydrogen (secondary N) is 1. The number of carbonyl (C=O) groups is 2. The van der Waals surface area contributed by atoms with E-state index >= 15 is 0 Å². The number of alkyl halides is 3. The van der Waals surface area contributed by atoms with Crippen LogP contribution in [0.25, 0.3) is 0 Å². The Morgan fingerprint density at radius 1 is 1.27 bits per heavy atom. The highest BCUT2D eigenvalue weighted by atomic mass is 19.4. The van der Waals surface area contributed by atoms with Crippen molar-refractivity contribution in [2.75, 3.05) is 16.8 Å². The van der Waals surface area contributed by atoms with Gasteiger partial charge >= 0.3 is 12.3 Å². The fourth-order valence-corrected chi connectivity index (χ4v) is 3.32. The van der Waals surface area contributed by atoms with Crippen LogP contribution in [0.5, 0.6) is 0 Å². The van der Waals surface area contributed by atoms with Gasteiger partial charge in [0.15, 0.2) is 5.69 Å². The van der Waals surface area contributed by atoms with Crippen LogP contribution in [-0.2, 0) is 10.9 Å². The standard InChI is InChI=1S/C20H23F3N4O3/c1-11-8-13(6-7-14(11)20(21,22)23)26-10-12(2)27-16(17(26)28)15(9-24-27)25-18(29)30-19(3,4)5/h6-9,12H,10H2,1-5H3,(H,25,29)/t12-/m0/s1. The van der Waals surface area contributed by atoms with E-state index in [1.807, 2.05) is 6.92 Å². The van der Waals surface area contributed by atoms with Crippen molar-refractivity contribution in [3.8, 4) is 0 Å². The van der Waals surface area contributed by atoms with Crippen LogP contribution in [0.1, 0.15) is 55.4 Å². The summed E-state index contributed by atoms with van der Waals surface area (Å²) in [6.45, 7) is 8.53. The lowest BCUT2D eigenvalue weighted by Crippen LogP contribution is -2.43. The lowest BCUT2D eigenvalue weighted by molar-refractivity contribution is -0.138. The highest BCUT2D eigenvalue weighted by Gasteiger charge is 2.36. The monoisotopic (exact) mass is 424 g/mol. The van der Waals surface area contributed by atoms with Crippen molar-refractivity contribution in [1.82, 2.24) is 9.78 Å². The first-order valence-corrected chi connectivity index (χ1v) is 9.35. The number of hydrogen-bond donors (Lipinski definition) is 1. The number of carbonyl (C=O) groups excluding carboxylic acids is 2. The van der Waals surface area contributed by atoms with E-state index in [0.717, 1.165) is 6.07 Å². The number of aryl methyl sites for hydroxylation is 1. The summed E-state index contributed by atoms with van der Waals surface area (Å²) in [6.07, 6.45) is -3.85. The zero-order valence-electron chi connectivity index (χ0n) is 17.3. The Morgan fingerprint density at radius 2 is 1.93 bits per heavy atom. The van der Waals surface area contributed by atoms with Gasteiger partial charge in [0.05, 0.1) is 23.5 Å². The van der Waals surface area contributed by atoms with Crippen molar-refractivity contribution in [3.63, 3.8) is 0 Å². The number of anilines is 2. The average molecular weight is 424 g/mol. The summed E-state index contributed by atoms with van der Waals surface area (Å²) in [4.78, 5) is 26.7. The molecule has 0 unspecified atom stereocenters. The van der Waals surface area contributed by atoms with Gasteiger partial charge in [0.1, 0.15) is 5.60 Å². The molecule has 3 rings (SSSR count). The Labute approximate surface area is 171 Å². The van der Waals surface area contributed by atoms with E-state index in [2.05, 4.69) is 10.4 Å². The van der Waals surface area contributed by atoms with Crippen molar-refractivity contribution in [2.45, 2.75) is 52.4 Å². The van der Waals surface area contributed by atoms with Crippen molar-refractivity contribution < 1.29 is 27.5 Å². The van der Waals surface area contributed by atoms with Crippen LogP contribution < -0.4 is 10.2 Å². The lowest BCUT2D eigenvalue weighted by atomic mass is 10.1. The number of benzene rings is 1. The van der Waals surface area contributed by atoms with Gasteiger partial charge in [0, 0.05) is 12.2 Å². The molecule has 10 heteroatoms. The normalized spacial score (nSPS) is 17.0. The van der Waals surface area contributed by atoms with E-state index in [1.165, 1.54) is 34.8 Å². The minimum Gasteiger partial charge on any atom is -0.444 e. The third kappa shape index (κ3) is 4.27. The second-order valence-electron chi connectivity index (χ2n) is 8.24. The summed E-state index contributed by atoms with van der Waals surface area (Å²) < 4.78 is 45.9. The quantitative estimate of drug-likeness (QED) is 0.753. The third-order valence-corrected chi connectivity index (χ3v) is 4.57. The highest BCUT2D eigenvalue weighted by Crippen LogP contribution is 2.35. The maximum atomic E-state index is 13.2. The molecule has 0 spiro atoms. The van der Waals surface area contributed by atoms with Crippen LogP contribution in [0.3, 0.4) is 0 Å². The zero-order chi connectivity index (χ0) is 22.4. The van der Waals surface area contributed by atoms with E-state index in [4.69, 9.17) is 4.74 Å². The fourth-order valence-electron chi connectivity index (χ4n) is 3.32. The van der Waals surface area contributed by atoms with Crippen LogP contribution in [0, 0.1) is 6.92 Å². The molecule has 2 heterocycles. The minimum atomic E-state index is -4.47. The molecule has 162 valence electrons. The Kier molecular flexibility index (Phi) is 5.30. The van der Waals surface area contributed by atoms with E-state index in [9.17, 15) is 22.8 Å². The molecule has 7 nitrogen and oxygen atoms in total. The van der Waals surface area contributed by atoms with E-state index in [-0.39, 0.29) is 29.5 Å². The van der Waals surface area contributed by atoms with Gasteiger partial charge in [-0.25, -0.2) is 4.79 Å². The maximum Gasteiger partial charge on any atom is 0.416 e. The summed E-state index contributed by atoms with van der Waals surface area (Å²) in [5.41, 5.74) is -0.800. The number of halogens is 3. The topological polar surface area (TPSA) is 76.5 Å². The summed E-state index contributed by atoms with van der Waals surface area (Å²) in [7, 11) is 0. The summed E-state index contributed by atoms with van der Waals surface area (Å²) >= 11 is 0. The highest BCUT2D eigenvalue weighted by molar-refractivity contribution is 6.10. The van der Waals surface area contributed by atoms with E-state index in [0.29, 0.717) is 5.69 Å². The predicted octanol–water partition coefficient (Wildman–Crippen LogP) is 4.78. The summed E-state index contributed by atoms with van der Waals surface area (Å²) in [5, 5.41) is 6.71. The molecule has 2 aromatic rings. The van der Waals surface area contributed by atoms with Gasteiger partial charge in [0.2, 0.25) is 0 Å². The molecule has 0 fully saturated rings. The number of amides is 2. The zero-order valence-corrected chi connectivity index (χ0v) is 17.3. The Balaban J connectivity index is 1.92. The van der Waals surface area contributed by atoms with Crippen molar-refractivity contribution in [2.24, 2.45) is 0 Å². The van der Waals surface area contributed by atoms with Gasteiger partial charge in [-0.2, -0.15) is 18.3 Å². The van der Waals surface area contributed by atoms with Crippen LogP contribution in [0.4, 0.5) is 29.3 Å². The molecule has 0 saturated heterocycles. The van der Waals surface area contributed by atoms with Gasteiger partial charge in [-0.05, 0) is 58.4 Å². The second kappa shape index (κ2) is 7.33. The Morgan fingerprint density at radius 3 is 2.50 bits per heavy atom.